The van der Waals surface area contributed by atoms with Gasteiger partial charge >= 0.3 is 5.69 Å². The number of sulfone groups is 1. The SMILES string of the molecule is CN(Cn1nc2ccccn2c1=O)[C@@H]1CCS(=O)(=O)C1. The van der Waals surface area contributed by atoms with Crippen LogP contribution in [-0.4, -0.2) is 52.1 Å². The fourth-order valence-electron chi connectivity index (χ4n) is 2.51. The molecule has 0 spiro atoms. The lowest BCUT2D eigenvalue weighted by molar-refractivity contribution is 0.195. The maximum Gasteiger partial charge on any atom is 0.351 e. The van der Waals surface area contributed by atoms with Gasteiger partial charge < -0.3 is 0 Å². The zero-order chi connectivity index (χ0) is 14.3. The lowest BCUT2D eigenvalue weighted by Gasteiger charge is -2.21. The number of nitrogens with zero attached hydrogens (tertiary/aromatic N) is 4. The second-order valence-corrected chi connectivity index (χ2v) is 7.39. The molecule has 1 saturated heterocycles. The average Bonchev–Trinajstić information content (AvgIpc) is 2.92. The second kappa shape index (κ2) is 4.71. The van der Waals surface area contributed by atoms with E-state index in [2.05, 4.69) is 5.10 Å². The third-order valence-corrected chi connectivity index (χ3v) is 5.43. The van der Waals surface area contributed by atoms with Crippen molar-refractivity contribution < 1.29 is 8.42 Å². The first-order valence-electron chi connectivity index (χ1n) is 6.41. The summed E-state index contributed by atoms with van der Waals surface area (Å²) >= 11 is 0. The van der Waals surface area contributed by atoms with Crippen LogP contribution in [-0.2, 0) is 16.5 Å². The molecule has 1 atom stereocenters. The van der Waals surface area contributed by atoms with Crippen LogP contribution < -0.4 is 5.69 Å². The van der Waals surface area contributed by atoms with Crippen LogP contribution in [0, 0.1) is 0 Å². The molecule has 2 aromatic rings. The Morgan fingerprint density at radius 1 is 1.45 bits per heavy atom. The van der Waals surface area contributed by atoms with Crippen molar-refractivity contribution in [3.63, 3.8) is 0 Å². The summed E-state index contributed by atoms with van der Waals surface area (Å²) in [5, 5.41) is 4.24. The molecule has 108 valence electrons. The van der Waals surface area contributed by atoms with E-state index in [0.717, 1.165) is 0 Å². The molecule has 0 amide bonds. The fraction of sp³-hybridized carbons (Fsp3) is 0.500. The van der Waals surface area contributed by atoms with Crippen molar-refractivity contribution in [2.45, 2.75) is 19.1 Å². The Hall–Kier alpha value is -1.67. The van der Waals surface area contributed by atoms with E-state index in [4.69, 9.17) is 0 Å². The van der Waals surface area contributed by atoms with Crippen molar-refractivity contribution in [1.29, 1.82) is 0 Å². The molecular formula is C12H16N4O3S. The van der Waals surface area contributed by atoms with Gasteiger partial charge in [-0.15, -0.1) is 5.10 Å². The van der Waals surface area contributed by atoms with E-state index in [-0.39, 0.29) is 23.2 Å². The van der Waals surface area contributed by atoms with Crippen molar-refractivity contribution in [1.82, 2.24) is 19.1 Å². The van der Waals surface area contributed by atoms with Gasteiger partial charge in [-0.1, -0.05) is 6.07 Å². The molecule has 1 fully saturated rings. The smallest absolute Gasteiger partial charge is 0.283 e. The fourth-order valence-corrected chi connectivity index (χ4v) is 4.32. The lowest BCUT2D eigenvalue weighted by Crippen LogP contribution is -2.37. The summed E-state index contributed by atoms with van der Waals surface area (Å²) in [6.45, 7) is 0.292. The zero-order valence-corrected chi connectivity index (χ0v) is 12.0. The number of hydrogen-bond donors (Lipinski definition) is 0. The number of rotatable bonds is 3. The van der Waals surface area contributed by atoms with E-state index in [1.165, 1.54) is 9.08 Å². The van der Waals surface area contributed by atoms with E-state index in [1.807, 2.05) is 18.0 Å². The highest BCUT2D eigenvalue weighted by atomic mass is 32.2. The molecule has 3 rings (SSSR count). The molecule has 3 heterocycles. The Morgan fingerprint density at radius 2 is 2.25 bits per heavy atom. The first-order chi connectivity index (χ1) is 9.46. The summed E-state index contributed by atoms with van der Waals surface area (Å²) in [5.41, 5.74) is 0.373. The minimum absolute atomic E-state index is 0.0447. The molecular weight excluding hydrogens is 280 g/mol. The number of aromatic nitrogens is 3. The Balaban J connectivity index is 1.83. The van der Waals surface area contributed by atoms with Crippen molar-refractivity contribution in [2.24, 2.45) is 0 Å². The minimum atomic E-state index is -2.92. The third-order valence-electron chi connectivity index (χ3n) is 3.68. The summed E-state index contributed by atoms with van der Waals surface area (Å²) in [5.74, 6) is 0.383. The molecule has 20 heavy (non-hydrogen) atoms. The highest BCUT2D eigenvalue weighted by Crippen LogP contribution is 2.16. The molecule has 0 saturated carbocycles. The van der Waals surface area contributed by atoms with Gasteiger partial charge in [-0.25, -0.2) is 13.2 Å². The van der Waals surface area contributed by atoms with Gasteiger partial charge in [0, 0.05) is 12.2 Å². The Morgan fingerprint density at radius 3 is 2.90 bits per heavy atom. The second-order valence-electron chi connectivity index (χ2n) is 5.17. The third kappa shape index (κ3) is 2.36. The predicted octanol–water partition coefficient (Wildman–Crippen LogP) is -0.428. The number of fused-ring (bicyclic) bond motifs is 1. The van der Waals surface area contributed by atoms with Crippen LogP contribution in [0.5, 0.6) is 0 Å². The van der Waals surface area contributed by atoms with Crippen molar-refractivity contribution >= 4 is 15.5 Å². The molecule has 1 aliphatic heterocycles. The molecule has 0 aliphatic carbocycles. The Bertz CT molecular complexity index is 792. The maximum atomic E-state index is 12.1. The van der Waals surface area contributed by atoms with Crippen LogP contribution in [0.1, 0.15) is 6.42 Å². The van der Waals surface area contributed by atoms with Crippen LogP contribution in [0.3, 0.4) is 0 Å². The average molecular weight is 296 g/mol. The van der Waals surface area contributed by atoms with Gasteiger partial charge in [-0.2, -0.15) is 4.68 Å². The van der Waals surface area contributed by atoms with Gasteiger partial charge in [0.2, 0.25) is 0 Å². The van der Waals surface area contributed by atoms with Crippen LogP contribution >= 0.6 is 0 Å². The quantitative estimate of drug-likeness (QED) is 0.768. The molecule has 2 aromatic heterocycles. The minimum Gasteiger partial charge on any atom is -0.283 e. The molecule has 0 bridgehead atoms. The largest absolute Gasteiger partial charge is 0.351 e. The molecule has 0 N–H and O–H groups in total. The first-order valence-corrected chi connectivity index (χ1v) is 8.23. The Kier molecular flexibility index (Phi) is 3.14. The molecule has 7 nitrogen and oxygen atoms in total. The maximum absolute atomic E-state index is 12.1. The summed E-state index contributed by atoms with van der Waals surface area (Å²) in [6.07, 6.45) is 2.28. The van der Waals surface area contributed by atoms with Crippen molar-refractivity contribution in [3.8, 4) is 0 Å². The summed E-state index contributed by atoms with van der Waals surface area (Å²) in [7, 11) is -1.10. The molecule has 0 aromatic carbocycles. The van der Waals surface area contributed by atoms with Gasteiger partial charge in [-0.3, -0.25) is 9.30 Å². The number of hydrogen-bond acceptors (Lipinski definition) is 5. The van der Waals surface area contributed by atoms with E-state index < -0.39 is 9.84 Å². The lowest BCUT2D eigenvalue weighted by atomic mass is 10.2. The van der Waals surface area contributed by atoms with Crippen molar-refractivity contribution in [3.05, 3.63) is 34.9 Å². The van der Waals surface area contributed by atoms with Gasteiger partial charge in [-0.05, 0) is 25.6 Å². The monoisotopic (exact) mass is 296 g/mol. The molecule has 1 aliphatic rings. The summed E-state index contributed by atoms with van der Waals surface area (Å²) in [6, 6.07) is 5.31. The van der Waals surface area contributed by atoms with Gasteiger partial charge in [0.25, 0.3) is 0 Å². The van der Waals surface area contributed by atoms with Crippen LogP contribution in [0.25, 0.3) is 5.65 Å². The van der Waals surface area contributed by atoms with Crippen molar-refractivity contribution in [2.75, 3.05) is 18.6 Å². The predicted molar refractivity (Wildman–Crippen MR) is 74.3 cm³/mol. The van der Waals surface area contributed by atoms with Crippen LogP contribution in [0.15, 0.2) is 29.2 Å². The Labute approximate surface area is 116 Å². The zero-order valence-electron chi connectivity index (χ0n) is 11.1. The summed E-state index contributed by atoms with van der Waals surface area (Å²) in [4.78, 5) is 14.0. The van der Waals surface area contributed by atoms with E-state index in [9.17, 15) is 13.2 Å². The van der Waals surface area contributed by atoms with Gasteiger partial charge in [0.15, 0.2) is 15.5 Å². The van der Waals surface area contributed by atoms with Gasteiger partial charge in [0.05, 0.1) is 18.2 Å². The van der Waals surface area contributed by atoms with E-state index in [0.29, 0.717) is 18.7 Å². The topological polar surface area (TPSA) is 76.7 Å². The molecule has 0 radical (unpaired) electrons. The highest BCUT2D eigenvalue weighted by Gasteiger charge is 2.30. The molecule has 0 unspecified atom stereocenters. The van der Waals surface area contributed by atoms with E-state index in [1.54, 1.807) is 18.3 Å². The first kappa shape index (κ1) is 13.3. The van der Waals surface area contributed by atoms with E-state index >= 15 is 0 Å². The standard InChI is InChI=1S/C12H16N4O3S/c1-14(10-5-7-20(18,19)8-10)9-16-12(17)15-6-3-2-4-11(15)13-16/h2-4,6,10H,5,7-9H2,1H3/t10-/m1/s1. The highest BCUT2D eigenvalue weighted by molar-refractivity contribution is 7.91. The van der Waals surface area contributed by atoms with Crippen LogP contribution in [0.2, 0.25) is 0 Å². The van der Waals surface area contributed by atoms with Crippen LogP contribution in [0.4, 0.5) is 0 Å². The number of pyridine rings is 1. The van der Waals surface area contributed by atoms with Gasteiger partial charge in [0.1, 0.15) is 0 Å². The normalized spacial score (nSPS) is 21.8. The molecule has 8 heteroatoms. The summed E-state index contributed by atoms with van der Waals surface area (Å²) < 4.78 is 25.8.